The number of H-pyrrole nitrogens is 1. The van der Waals surface area contributed by atoms with Crippen molar-refractivity contribution in [2.24, 2.45) is 0 Å². The number of ether oxygens (including phenoxy) is 5. The number of aromatic amines is 1. The van der Waals surface area contributed by atoms with E-state index in [1.807, 2.05) is 93.0 Å². The molecule has 1 aliphatic heterocycles. The average molecular weight is 853 g/mol. The Labute approximate surface area is 347 Å². The van der Waals surface area contributed by atoms with Gasteiger partial charge in [0.25, 0.3) is 14.1 Å². The first kappa shape index (κ1) is 44.6. The van der Waals surface area contributed by atoms with Crippen LogP contribution in [0.5, 0.6) is 11.5 Å². The molecule has 1 fully saturated rings. The molecule has 0 aliphatic carbocycles. The van der Waals surface area contributed by atoms with E-state index < -0.39 is 50.6 Å². The Bertz CT molecular complexity index is 2210. The second-order valence-electron chi connectivity index (χ2n) is 14.5. The zero-order valence-corrected chi connectivity index (χ0v) is 35.1. The van der Waals surface area contributed by atoms with Crippen LogP contribution in [0.4, 0.5) is 13.2 Å². The number of fused-ring (bicyclic) bond motifs is 1. The van der Waals surface area contributed by atoms with Crippen molar-refractivity contribution >= 4 is 19.7 Å². The van der Waals surface area contributed by atoms with Gasteiger partial charge < -0.3 is 33.0 Å². The Balaban J connectivity index is 1.53. The number of rotatable bonds is 18. The molecule has 18 heteroatoms. The third-order valence-electron chi connectivity index (χ3n) is 9.89. The molecular weight excluding hydrogens is 804 g/mol. The van der Waals surface area contributed by atoms with Crippen molar-refractivity contribution in [3.63, 3.8) is 0 Å². The van der Waals surface area contributed by atoms with Crippen molar-refractivity contribution < 1.29 is 45.9 Å². The molecule has 0 saturated carbocycles. The second-order valence-corrected chi connectivity index (χ2v) is 15.9. The van der Waals surface area contributed by atoms with Crippen LogP contribution in [0.2, 0.25) is 0 Å². The Hall–Kier alpha value is -4.92. The summed E-state index contributed by atoms with van der Waals surface area (Å²) >= 11 is 0. The maximum Gasteiger partial charge on any atom is 0.523 e. The molecule has 1 N–H and O–H groups in total. The number of nitrogens with zero attached hydrogens (tertiary/aromatic N) is 5. The van der Waals surface area contributed by atoms with Crippen molar-refractivity contribution in [1.29, 1.82) is 5.26 Å². The van der Waals surface area contributed by atoms with Gasteiger partial charge in [0.2, 0.25) is 0 Å². The number of imidazole rings is 1. The van der Waals surface area contributed by atoms with Gasteiger partial charge in [-0.3, -0.25) is 14.1 Å². The number of aromatic nitrogens is 4. The summed E-state index contributed by atoms with van der Waals surface area (Å²) in [6.45, 7) is 8.76. The van der Waals surface area contributed by atoms with Gasteiger partial charge in [0.1, 0.15) is 41.2 Å². The van der Waals surface area contributed by atoms with E-state index in [-0.39, 0.29) is 48.7 Å². The van der Waals surface area contributed by atoms with Gasteiger partial charge in [-0.2, -0.15) is 5.26 Å². The SMILES string of the molecule is COc1ccc(C(OC[C@H]2O[C@@H](n3cnc4c(=O)[nH]c(C)nc43)C(OC(F)(F)F)[C@H]2OP(OCCC#N)N(C(C)C)C(C)C)(c2ccccc2)c2ccc(OC)cc2)cc1. The van der Waals surface area contributed by atoms with E-state index in [2.05, 4.69) is 15.0 Å². The van der Waals surface area contributed by atoms with Gasteiger partial charge in [0.05, 0.1) is 46.3 Å². The highest BCUT2D eigenvalue weighted by molar-refractivity contribution is 7.44. The molecule has 5 atom stereocenters. The molecule has 5 aromatic rings. The molecule has 0 radical (unpaired) electrons. The molecule has 1 aliphatic rings. The molecular formula is C42H48F3N6O8P. The Morgan fingerprint density at radius 1 is 0.917 bits per heavy atom. The van der Waals surface area contributed by atoms with Crippen molar-refractivity contribution in [2.75, 3.05) is 27.4 Å². The maximum absolute atomic E-state index is 14.7. The van der Waals surface area contributed by atoms with Crippen LogP contribution in [0.15, 0.2) is 90.0 Å². The molecule has 1 saturated heterocycles. The lowest BCUT2D eigenvalue weighted by molar-refractivity contribution is -0.355. The normalized spacial score (nSPS) is 19.0. The summed E-state index contributed by atoms with van der Waals surface area (Å²) in [5.41, 5.74) is -0.0727. The van der Waals surface area contributed by atoms with E-state index in [1.54, 1.807) is 45.4 Å². The molecule has 320 valence electrons. The third-order valence-corrected chi connectivity index (χ3v) is 12.0. The lowest BCUT2D eigenvalue weighted by atomic mass is 9.80. The highest BCUT2D eigenvalue weighted by atomic mass is 31.2. The van der Waals surface area contributed by atoms with E-state index in [0.717, 1.165) is 0 Å². The minimum absolute atomic E-state index is 0.00887. The largest absolute Gasteiger partial charge is 0.523 e. The topological polar surface area (TPSA) is 155 Å². The number of nitriles is 1. The van der Waals surface area contributed by atoms with Gasteiger partial charge in [0, 0.05) is 12.1 Å². The zero-order chi connectivity index (χ0) is 43.2. The van der Waals surface area contributed by atoms with Gasteiger partial charge in [0.15, 0.2) is 17.4 Å². The number of hydrogen-bond donors (Lipinski definition) is 1. The first-order valence-electron chi connectivity index (χ1n) is 19.3. The molecule has 14 nitrogen and oxygen atoms in total. The van der Waals surface area contributed by atoms with Crippen LogP contribution in [0.25, 0.3) is 11.2 Å². The molecule has 3 aromatic carbocycles. The van der Waals surface area contributed by atoms with Crippen molar-refractivity contribution in [2.45, 2.75) is 89.6 Å². The van der Waals surface area contributed by atoms with Crippen LogP contribution in [0, 0.1) is 18.3 Å². The van der Waals surface area contributed by atoms with Crippen LogP contribution in [0.3, 0.4) is 0 Å². The number of alkyl halides is 3. The number of aryl methyl sites for hydroxylation is 1. The second kappa shape index (κ2) is 19.2. The minimum Gasteiger partial charge on any atom is -0.497 e. The first-order valence-corrected chi connectivity index (χ1v) is 20.4. The van der Waals surface area contributed by atoms with Crippen molar-refractivity contribution in [3.05, 3.63) is 118 Å². The molecule has 0 spiro atoms. The molecule has 0 amide bonds. The minimum atomic E-state index is -5.18. The van der Waals surface area contributed by atoms with Crippen molar-refractivity contribution in [3.8, 4) is 17.6 Å². The zero-order valence-electron chi connectivity index (χ0n) is 34.3. The van der Waals surface area contributed by atoms with E-state index in [0.29, 0.717) is 28.2 Å². The van der Waals surface area contributed by atoms with Crippen molar-refractivity contribution in [1.82, 2.24) is 24.2 Å². The van der Waals surface area contributed by atoms with Crippen LogP contribution >= 0.6 is 8.53 Å². The maximum atomic E-state index is 14.7. The number of methoxy groups -OCH3 is 2. The molecule has 2 aromatic heterocycles. The summed E-state index contributed by atoms with van der Waals surface area (Å²) < 4.78 is 89.7. The van der Waals surface area contributed by atoms with Gasteiger partial charge in [-0.15, -0.1) is 13.2 Å². The summed E-state index contributed by atoms with van der Waals surface area (Å²) in [6, 6.07) is 25.6. The van der Waals surface area contributed by atoms with E-state index in [9.17, 15) is 23.2 Å². The van der Waals surface area contributed by atoms with Crippen LogP contribution in [-0.4, -0.2) is 88.4 Å². The quantitative estimate of drug-likeness (QED) is 0.0517. The standard InChI is InChI=1S/C42H48F3N6O8P/c1-26(2)51(27(3)4)60(56-23-11-22-46)59-36-34(57-40(37(36)58-42(43,44)45)50-25-47-35-38(50)48-28(5)49-39(35)52)24-55-41(29-12-9-8-10-13-29,30-14-18-32(53-6)19-15-30)31-16-20-33(54-7)21-17-31/h8-10,12-21,25-27,34,36-37,40H,11,23-24H2,1-7H3,(H,48,49,52)/t34-,36+,37?,40-,60?/m1/s1. The lowest BCUT2D eigenvalue weighted by Gasteiger charge is -2.39. The smallest absolute Gasteiger partial charge is 0.497 e. The van der Waals surface area contributed by atoms with Crippen LogP contribution in [-0.2, 0) is 28.9 Å². The Morgan fingerprint density at radius 3 is 2.03 bits per heavy atom. The van der Waals surface area contributed by atoms with E-state index >= 15 is 0 Å². The summed E-state index contributed by atoms with van der Waals surface area (Å²) in [6.07, 6.45) is -10.3. The highest BCUT2D eigenvalue weighted by Crippen LogP contribution is 2.52. The van der Waals surface area contributed by atoms with Gasteiger partial charge in [-0.1, -0.05) is 54.6 Å². The fourth-order valence-electron chi connectivity index (χ4n) is 7.38. The third kappa shape index (κ3) is 9.66. The number of nitrogens with one attached hydrogen (secondary N) is 1. The van der Waals surface area contributed by atoms with Crippen LogP contribution < -0.4 is 15.0 Å². The number of benzene rings is 3. The number of hydrogen-bond acceptors (Lipinski definition) is 12. The highest BCUT2D eigenvalue weighted by Gasteiger charge is 2.55. The van der Waals surface area contributed by atoms with Gasteiger partial charge in [-0.25, -0.2) is 14.6 Å². The molecule has 3 heterocycles. The van der Waals surface area contributed by atoms with E-state index in [4.69, 9.17) is 32.7 Å². The number of halogens is 3. The Morgan fingerprint density at radius 2 is 1.50 bits per heavy atom. The molecule has 0 bridgehead atoms. The summed E-state index contributed by atoms with van der Waals surface area (Å²) in [5.74, 6) is 1.40. The summed E-state index contributed by atoms with van der Waals surface area (Å²) in [5, 5.41) is 9.37. The summed E-state index contributed by atoms with van der Waals surface area (Å²) in [7, 11) is 0.967. The van der Waals surface area contributed by atoms with E-state index in [1.165, 1.54) is 10.9 Å². The molecule has 2 unspecified atom stereocenters. The summed E-state index contributed by atoms with van der Waals surface area (Å²) in [4.78, 5) is 24.1. The van der Waals surface area contributed by atoms with Crippen LogP contribution in [0.1, 0.15) is 62.9 Å². The lowest BCUT2D eigenvalue weighted by Crippen LogP contribution is -2.44. The van der Waals surface area contributed by atoms with Gasteiger partial charge in [-0.05, 0) is 75.6 Å². The predicted octanol–water partition coefficient (Wildman–Crippen LogP) is 7.92. The monoisotopic (exact) mass is 852 g/mol. The average Bonchev–Trinajstić information content (AvgIpc) is 3.78. The van der Waals surface area contributed by atoms with Gasteiger partial charge >= 0.3 is 6.36 Å². The predicted molar refractivity (Wildman–Crippen MR) is 216 cm³/mol. The molecule has 60 heavy (non-hydrogen) atoms. The molecule has 6 rings (SSSR count). The fourth-order valence-corrected chi connectivity index (χ4v) is 9.14. The first-order chi connectivity index (χ1) is 28.7. The Kier molecular flexibility index (Phi) is 14.3. The fraction of sp³-hybridized carbons (Fsp3) is 0.429.